The van der Waals surface area contributed by atoms with Gasteiger partial charge in [0, 0.05) is 0 Å². The molecule has 0 unspecified atom stereocenters. The van der Waals surface area contributed by atoms with Gasteiger partial charge in [0.05, 0.1) is 5.71 Å². The summed E-state index contributed by atoms with van der Waals surface area (Å²) >= 11 is 0. The highest BCUT2D eigenvalue weighted by Crippen LogP contribution is 2.03. The molecular weight excluding hydrogens is 114 g/mol. The lowest BCUT2D eigenvalue weighted by molar-refractivity contribution is 0.316. The van der Waals surface area contributed by atoms with Crippen molar-refractivity contribution in [2.24, 2.45) is 11.1 Å². The fourth-order valence-corrected chi connectivity index (χ4v) is 0.548. The van der Waals surface area contributed by atoms with Gasteiger partial charge in [0.2, 0.25) is 0 Å². The minimum Gasteiger partial charge on any atom is -0.411 e. The van der Waals surface area contributed by atoms with Crippen molar-refractivity contribution in [2.75, 3.05) is 0 Å². The molecule has 0 bridgehead atoms. The predicted molar refractivity (Wildman–Crippen MR) is 39.0 cm³/mol. The molecule has 54 valence electrons. The summed E-state index contributed by atoms with van der Waals surface area (Å²) in [5.74, 6) is 0.696. The maximum atomic E-state index is 8.24. The van der Waals surface area contributed by atoms with Crippen molar-refractivity contribution < 1.29 is 5.21 Å². The van der Waals surface area contributed by atoms with Crippen LogP contribution in [0.2, 0.25) is 0 Å². The van der Waals surface area contributed by atoms with Gasteiger partial charge in [0.15, 0.2) is 0 Å². The standard InChI is InChI=1S/C7H15NO/c1-6(2)4-5-7(3)8-9/h6,9H,4-5H2,1-3H3/b8-7-. The Labute approximate surface area is 56.6 Å². The van der Waals surface area contributed by atoms with Crippen LogP contribution in [0.3, 0.4) is 0 Å². The molecule has 0 radical (unpaired) electrons. The number of oxime groups is 1. The van der Waals surface area contributed by atoms with Crippen LogP contribution in [0.1, 0.15) is 33.6 Å². The van der Waals surface area contributed by atoms with Gasteiger partial charge in [-0.25, -0.2) is 0 Å². The molecule has 0 rings (SSSR count). The van der Waals surface area contributed by atoms with Gasteiger partial charge in [-0.3, -0.25) is 0 Å². The molecule has 0 atom stereocenters. The van der Waals surface area contributed by atoms with Gasteiger partial charge in [0.1, 0.15) is 0 Å². The second-order valence-electron chi connectivity index (χ2n) is 2.77. The van der Waals surface area contributed by atoms with E-state index in [2.05, 4.69) is 19.0 Å². The van der Waals surface area contributed by atoms with Crippen molar-refractivity contribution in [3.05, 3.63) is 0 Å². The fourth-order valence-electron chi connectivity index (χ4n) is 0.548. The average molecular weight is 129 g/mol. The molecule has 0 saturated carbocycles. The third kappa shape index (κ3) is 5.34. The zero-order valence-electron chi connectivity index (χ0n) is 6.39. The number of hydrogen-bond acceptors (Lipinski definition) is 2. The SMILES string of the molecule is C/C(CCC(C)C)=N/O. The molecule has 1 N–H and O–H groups in total. The first-order valence-corrected chi connectivity index (χ1v) is 3.34. The summed E-state index contributed by atoms with van der Waals surface area (Å²) in [5, 5.41) is 11.3. The molecule has 0 aliphatic carbocycles. The van der Waals surface area contributed by atoms with Crippen LogP contribution in [0.5, 0.6) is 0 Å². The molecule has 0 aliphatic rings. The van der Waals surface area contributed by atoms with Gasteiger partial charge in [-0.1, -0.05) is 19.0 Å². The molecule has 0 saturated heterocycles. The summed E-state index contributed by atoms with van der Waals surface area (Å²) in [5.41, 5.74) is 0.823. The normalized spacial score (nSPS) is 12.7. The summed E-state index contributed by atoms with van der Waals surface area (Å²) < 4.78 is 0. The second-order valence-corrected chi connectivity index (χ2v) is 2.77. The topological polar surface area (TPSA) is 32.6 Å². The van der Waals surface area contributed by atoms with Gasteiger partial charge in [-0.2, -0.15) is 0 Å². The zero-order valence-corrected chi connectivity index (χ0v) is 6.39. The quantitative estimate of drug-likeness (QED) is 0.354. The van der Waals surface area contributed by atoms with E-state index in [1.54, 1.807) is 0 Å². The highest BCUT2D eigenvalue weighted by molar-refractivity contribution is 5.81. The van der Waals surface area contributed by atoms with Gasteiger partial charge >= 0.3 is 0 Å². The van der Waals surface area contributed by atoms with Crippen LogP contribution in [0, 0.1) is 5.92 Å². The van der Waals surface area contributed by atoms with Gasteiger partial charge in [-0.15, -0.1) is 0 Å². The third-order valence-electron chi connectivity index (χ3n) is 1.25. The summed E-state index contributed by atoms with van der Waals surface area (Å²) in [7, 11) is 0. The lowest BCUT2D eigenvalue weighted by Crippen LogP contribution is -1.94. The van der Waals surface area contributed by atoms with E-state index in [1.807, 2.05) is 6.92 Å². The third-order valence-corrected chi connectivity index (χ3v) is 1.25. The lowest BCUT2D eigenvalue weighted by Gasteiger charge is -2.00. The number of rotatable bonds is 3. The van der Waals surface area contributed by atoms with E-state index in [1.165, 1.54) is 0 Å². The van der Waals surface area contributed by atoms with Crippen LogP contribution in [0.25, 0.3) is 0 Å². The summed E-state index contributed by atoms with van der Waals surface area (Å²) in [6.07, 6.45) is 2.02. The van der Waals surface area contributed by atoms with Crippen LogP contribution in [-0.4, -0.2) is 10.9 Å². The van der Waals surface area contributed by atoms with E-state index in [9.17, 15) is 0 Å². The summed E-state index contributed by atoms with van der Waals surface area (Å²) in [6.45, 7) is 6.15. The Morgan fingerprint density at radius 3 is 2.44 bits per heavy atom. The summed E-state index contributed by atoms with van der Waals surface area (Å²) in [6, 6.07) is 0. The van der Waals surface area contributed by atoms with Crippen LogP contribution >= 0.6 is 0 Å². The molecule has 2 heteroatoms. The Kier molecular flexibility index (Phi) is 4.10. The molecule has 0 aromatic heterocycles. The fraction of sp³-hybridized carbons (Fsp3) is 0.857. The van der Waals surface area contributed by atoms with Crippen molar-refractivity contribution in [2.45, 2.75) is 33.6 Å². The predicted octanol–water partition coefficient (Wildman–Crippen LogP) is 2.27. The maximum Gasteiger partial charge on any atom is 0.0540 e. The van der Waals surface area contributed by atoms with Gasteiger partial charge in [-0.05, 0) is 25.7 Å². The smallest absolute Gasteiger partial charge is 0.0540 e. The largest absolute Gasteiger partial charge is 0.411 e. The van der Waals surface area contributed by atoms with Crippen LogP contribution in [0.15, 0.2) is 5.16 Å². The van der Waals surface area contributed by atoms with Crippen LogP contribution < -0.4 is 0 Å². The molecule has 0 fully saturated rings. The Hall–Kier alpha value is -0.530. The Balaban J connectivity index is 3.28. The Bertz CT molecular complexity index is 97.1. The number of nitrogens with zero attached hydrogens (tertiary/aromatic N) is 1. The second kappa shape index (κ2) is 4.36. The van der Waals surface area contributed by atoms with E-state index < -0.39 is 0 Å². The van der Waals surface area contributed by atoms with E-state index in [0.717, 1.165) is 18.6 Å². The van der Waals surface area contributed by atoms with Crippen LogP contribution in [-0.2, 0) is 0 Å². The van der Waals surface area contributed by atoms with E-state index in [-0.39, 0.29) is 0 Å². The average Bonchev–Trinajstić information content (AvgIpc) is 1.83. The molecule has 0 spiro atoms. The molecule has 0 aliphatic heterocycles. The van der Waals surface area contributed by atoms with E-state index >= 15 is 0 Å². The molecule has 2 nitrogen and oxygen atoms in total. The maximum absolute atomic E-state index is 8.24. The first kappa shape index (κ1) is 8.47. The van der Waals surface area contributed by atoms with E-state index in [4.69, 9.17) is 5.21 Å². The lowest BCUT2D eigenvalue weighted by atomic mass is 10.1. The molecule has 0 amide bonds. The van der Waals surface area contributed by atoms with Crippen molar-refractivity contribution in [1.29, 1.82) is 0 Å². The molecule has 0 aromatic rings. The van der Waals surface area contributed by atoms with Crippen molar-refractivity contribution in [3.63, 3.8) is 0 Å². The zero-order chi connectivity index (χ0) is 7.28. The highest BCUT2D eigenvalue weighted by atomic mass is 16.4. The van der Waals surface area contributed by atoms with Crippen molar-refractivity contribution in [3.8, 4) is 0 Å². The van der Waals surface area contributed by atoms with Gasteiger partial charge < -0.3 is 5.21 Å². The van der Waals surface area contributed by atoms with Crippen molar-refractivity contribution in [1.82, 2.24) is 0 Å². The molecule has 9 heavy (non-hydrogen) atoms. The van der Waals surface area contributed by atoms with Crippen molar-refractivity contribution >= 4 is 5.71 Å². The Morgan fingerprint density at radius 1 is 1.56 bits per heavy atom. The first-order valence-electron chi connectivity index (χ1n) is 3.34. The Morgan fingerprint density at radius 2 is 2.11 bits per heavy atom. The first-order chi connectivity index (χ1) is 4.16. The molecule has 0 aromatic carbocycles. The van der Waals surface area contributed by atoms with E-state index in [0.29, 0.717) is 5.92 Å². The van der Waals surface area contributed by atoms with Gasteiger partial charge in [0.25, 0.3) is 0 Å². The molecular formula is C7H15NO. The molecule has 0 heterocycles. The minimum atomic E-state index is 0.696. The monoisotopic (exact) mass is 129 g/mol. The number of hydrogen-bond donors (Lipinski definition) is 1. The van der Waals surface area contributed by atoms with Crippen LogP contribution in [0.4, 0.5) is 0 Å². The highest BCUT2D eigenvalue weighted by Gasteiger charge is 1.95. The summed E-state index contributed by atoms with van der Waals surface area (Å²) in [4.78, 5) is 0. The minimum absolute atomic E-state index is 0.696.